The molecule has 7 rings (SSSR count). The van der Waals surface area contributed by atoms with Gasteiger partial charge in [0.05, 0.1) is 43.5 Å². The first-order valence-corrected chi connectivity index (χ1v) is 13.3. The number of aromatic nitrogens is 1. The van der Waals surface area contributed by atoms with Gasteiger partial charge in [-0.05, 0) is 41.9 Å². The van der Waals surface area contributed by atoms with Crippen LogP contribution in [0.15, 0.2) is 30.3 Å². The molecular weight excluding hydrogens is 487 g/mol. The fourth-order valence-corrected chi connectivity index (χ4v) is 6.40. The van der Waals surface area contributed by atoms with Gasteiger partial charge in [-0.15, -0.1) is 0 Å². The molecular formula is C29H31FN4O4. The zero-order valence-corrected chi connectivity index (χ0v) is 21.5. The van der Waals surface area contributed by atoms with Crippen LogP contribution in [0.1, 0.15) is 51.5 Å². The maximum absolute atomic E-state index is 15.3. The molecule has 3 aromatic rings. The number of halogens is 1. The summed E-state index contributed by atoms with van der Waals surface area (Å²) in [6.45, 7) is 3.93. The predicted octanol–water partition coefficient (Wildman–Crippen LogP) is 3.60. The molecule has 1 spiro atoms. The monoisotopic (exact) mass is 518 g/mol. The minimum absolute atomic E-state index is 0.0276. The second-order valence-electron chi connectivity index (χ2n) is 11.0. The van der Waals surface area contributed by atoms with Crippen molar-refractivity contribution in [2.24, 2.45) is 0 Å². The summed E-state index contributed by atoms with van der Waals surface area (Å²) >= 11 is 0. The lowest BCUT2D eigenvalue weighted by molar-refractivity contribution is -0.00294. The predicted molar refractivity (Wildman–Crippen MR) is 139 cm³/mol. The van der Waals surface area contributed by atoms with E-state index >= 15 is 4.39 Å². The number of amides is 1. The van der Waals surface area contributed by atoms with Crippen molar-refractivity contribution >= 4 is 22.6 Å². The van der Waals surface area contributed by atoms with Gasteiger partial charge in [-0.3, -0.25) is 4.79 Å². The van der Waals surface area contributed by atoms with E-state index in [1.54, 1.807) is 11.0 Å². The number of nitrogen functional groups attached to an aromatic ring is 1. The average molecular weight is 519 g/mol. The number of piperidine rings is 1. The summed E-state index contributed by atoms with van der Waals surface area (Å²) in [5.74, 6) is 0.312. The van der Waals surface area contributed by atoms with Gasteiger partial charge < -0.3 is 29.7 Å². The van der Waals surface area contributed by atoms with Crippen molar-refractivity contribution in [1.82, 2.24) is 14.8 Å². The summed E-state index contributed by atoms with van der Waals surface area (Å²) in [7, 11) is 2.15. The van der Waals surface area contributed by atoms with Gasteiger partial charge >= 0.3 is 0 Å². The Bertz CT molecular complexity index is 1450. The van der Waals surface area contributed by atoms with E-state index in [0.29, 0.717) is 49.7 Å². The normalized spacial score (nSPS) is 22.5. The van der Waals surface area contributed by atoms with Crippen molar-refractivity contribution in [3.8, 4) is 5.75 Å². The molecule has 1 atom stereocenters. The van der Waals surface area contributed by atoms with Crippen molar-refractivity contribution < 1.29 is 23.4 Å². The topological polar surface area (TPSA) is 90.2 Å². The van der Waals surface area contributed by atoms with Gasteiger partial charge in [0.2, 0.25) is 0 Å². The number of ether oxygens (including phenoxy) is 3. The zero-order valence-electron chi connectivity index (χ0n) is 21.5. The number of fused-ring (bicyclic) bond motifs is 4. The van der Waals surface area contributed by atoms with E-state index < -0.39 is 5.82 Å². The smallest absolute Gasteiger partial charge is 0.257 e. The highest BCUT2D eigenvalue weighted by atomic mass is 19.1. The lowest BCUT2D eigenvalue weighted by Crippen LogP contribution is -2.45. The third-order valence-corrected chi connectivity index (χ3v) is 8.64. The summed E-state index contributed by atoms with van der Waals surface area (Å²) in [4.78, 5) is 22.3. The van der Waals surface area contributed by atoms with E-state index in [2.05, 4.69) is 23.0 Å². The molecule has 2 aromatic carbocycles. The molecule has 0 radical (unpaired) electrons. The quantitative estimate of drug-likeness (QED) is 0.555. The van der Waals surface area contributed by atoms with Crippen LogP contribution in [0.2, 0.25) is 0 Å². The van der Waals surface area contributed by atoms with E-state index in [1.165, 1.54) is 11.6 Å². The third-order valence-electron chi connectivity index (χ3n) is 8.64. The molecule has 9 heteroatoms. The molecule has 0 bridgehead atoms. The molecule has 0 saturated carbocycles. The van der Waals surface area contributed by atoms with E-state index in [4.69, 9.17) is 19.9 Å². The number of nitrogens with zero attached hydrogens (tertiary/aromatic N) is 3. The number of hydrogen-bond donors (Lipinski definition) is 1. The number of likely N-dealkylation sites (tertiary alicyclic amines) is 1. The number of carbonyl (C=O) groups excluding carboxylic acids is 1. The summed E-state index contributed by atoms with van der Waals surface area (Å²) in [6, 6.07) is 8.78. The molecule has 2 N–H and O–H groups in total. The number of nitrogens with two attached hydrogens (primary N) is 1. The highest BCUT2D eigenvalue weighted by Crippen LogP contribution is 2.42. The van der Waals surface area contributed by atoms with Crippen LogP contribution in [-0.4, -0.2) is 66.2 Å². The van der Waals surface area contributed by atoms with Crippen LogP contribution in [0, 0.1) is 5.82 Å². The molecule has 1 amide bonds. The molecule has 4 aliphatic heterocycles. The van der Waals surface area contributed by atoms with Crippen LogP contribution in [0.4, 0.5) is 10.2 Å². The van der Waals surface area contributed by atoms with E-state index in [9.17, 15) is 4.79 Å². The first-order valence-electron chi connectivity index (χ1n) is 13.3. The first kappa shape index (κ1) is 23.8. The van der Waals surface area contributed by atoms with Gasteiger partial charge in [0.1, 0.15) is 23.0 Å². The third kappa shape index (κ3) is 3.83. The van der Waals surface area contributed by atoms with E-state index in [0.717, 1.165) is 54.8 Å². The number of benzene rings is 2. The summed E-state index contributed by atoms with van der Waals surface area (Å²) in [5.41, 5.74) is 10.2. The standard InChI is InChI=1S/C29H31FN4O4/c1-33-6-4-29(5-7-33)13-18-10-17(2-3-26(18)38-29)25-16-36-9-8-34(25)28(35)20-11-19-21-14-37-15-22(21)27(31)32-24(19)12-23(20)30/h2-3,10-12,25H,4-9,13-16H2,1H3,(H2,31,32). The molecule has 38 heavy (non-hydrogen) atoms. The fraction of sp³-hybridized carbons (Fsp3) is 0.448. The molecule has 5 heterocycles. The van der Waals surface area contributed by atoms with Crippen molar-refractivity contribution in [2.45, 2.75) is 44.1 Å². The highest BCUT2D eigenvalue weighted by molar-refractivity contribution is 6.00. The molecule has 1 aromatic heterocycles. The van der Waals surface area contributed by atoms with Crippen molar-refractivity contribution in [1.29, 1.82) is 0 Å². The largest absolute Gasteiger partial charge is 0.487 e. The second kappa shape index (κ2) is 8.90. The first-order chi connectivity index (χ1) is 18.4. The van der Waals surface area contributed by atoms with Gasteiger partial charge in [0, 0.05) is 55.9 Å². The van der Waals surface area contributed by atoms with Crippen LogP contribution in [0.5, 0.6) is 5.75 Å². The van der Waals surface area contributed by atoms with Crippen molar-refractivity contribution in [3.63, 3.8) is 0 Å². The van der Waals surface area contributed by atoms with Gasteiger partial charge in [0.25, 0.3) is 5.91 Å². The Morgan fingerprint density at radius 2 is 1.92 bits per heavy atom. The number of anilines is 1. The average Bonchev–Trinajstić information content (AvgIpc) is 3.55. The molecule has 198 valence electrons. The Hall–Kier alpha value is -3.27. The maximum atomic E-state index is 15.3. The molecule has 4 aliphatic rings. The fourth-order valence-electron chi connectivity index (χ4n) is 6.40. The van der Waals surface area contributed by atoms with Crippen LogP contribution in [0.3, 0.4) is 0 Å². The number of morpholine rings is 1. The Labute approximate surface area is 220 Å². The Morgan fingerprint density at radius 1 is 1.11 bits per heavy atom. The van der Waals surface area contributed by atoms with Gasteiger partial charge in [-0.2, -0.15) is 0 Å². The maximum Gasteiger partial charge on any atom is 0.257 e. The van der Waals surface area contributed by atoms with Crippen molar-refractivity contribution in [2.75, 3.05) is 45.6 Å². The molecule has 1 unspecified atom stereocenters. The molecule has 2 fully saturated rings. The molecule has 2 saturated heterocycles. The van der Waals surface area contributed by atoms with Crippen LogP contribution in [0.25, 0.3) is 10.9 Å². The second-order valence-corrected chi connectivity index (χ2v) is 11.0. The minimum Gasteiger partial charge on any atom is -0.487 e. The number of carbonyl (C=O) groups is 1. The molecule has 0 aliphatic carbocycles. The Balaban J connectivity index is 1.20. The van der Waals surface area contributed by atoms with E-state index in [-0.39, 0.29) is 23.1 Å². The zero-order chi connectivity index (χ0) is 26.0. The summed E-state index contributed by atoms with van der Waals surface area (Å²) in [6.07, 6.45) is 2.87. The summed E-state index contributed by atoms with van der Waals surface area (Å²) in [5, 5.41) is 0.708. The van der Waals surface area contributed by atoms with Crippen molar-refractivity contribution in [3.05, 3.63) is 64.0 Å². The Kier molecular flexibility index (Phi) is 5.58. The van der Waals surface area contributed by atoms with Crippen LogP contribution in [-0.2, 0) is 29.1 Å². The van der Waals surface area contributed by atoms with E-state index in [1.807, 2.05) is 12.1 Å². The lowest BCUT2D eigenvalue weighted by Gasteiger charge is -2.37. The van der Waals surface area contributed by atoms with Crippen LogP contribution < -0.4 is 10.5 Å². The lowest BCUT2D eigenvalue weighted by atomic mass is 9.86. The van der Waals surface area contributed by atoms with Gasteiger partial charge in [-0.1, -0.05) is 6.07 Å². The number of rotatable bonds is 2. The molecule has 8 nitrogen and oxygen atoms in total. The van der Waals surface area contributed by atoms with Crippen LogP contribution >= 0.6 is 0 Å². The Morgan fingerprint density at radius 3 is 2.76 bits per heavy atom. The summed E-state index contributed by atoms with van der Waals surface area (Å²) < 4.78 is 33.2. The highest BCUT2D eigenvalue weighted by Gasteiger charge is 2.42. The van der Waals surface area contributed by atoms with Gasteiger partial charge in [0.15, 0.2) is 0 Å². The minimum atomic E-state index is -0.606. The van der Waals surface area contributed by atoms with Gasteiger partial charge in [-0.25, -0.2) is 9.37 Å². The number of hydrogen-bond acceptors (Lipinski definition) is 7. The SMILES string of the molecule is CN1CCC2(CC1)Cc1cc(C3COCCN3C(=O)c3cc4c5c(c(N)nc4cc3F)COC5)ccc1O2. The number of pyridine rings is 1.